The Hall–Kier alpha value is -3.09. The van der Waals surface area contributed by atoms with Crippen molar-refractivity contribution in [3.8, 4) is 17.6 Å². The highest BCUT2D eigenvalue weighted by atomic mass is 79.9. The molecular formula is C19H15BrClN3O5. The predicted octanol–water partition coefficient (Wildman–Crippen LogP) is 4.96. The lowest BCUT2D eigenvalue weighted by molar-refractivity contribution is -0.384. The molecule has 1 N–H and O–H groups in total. The van der Waals surface area contributed by atoms with Crippen molar-refractivity contribution in [2.24, 2.45) is 0 Å². The number of carbonyl (C=O) groups is 1. The molecule has 0 saturated carbocycles. The minimum Gasteiger partial charge on any atom is -0.492 e. The van der Waals surface area contributed by atoms with E-state index >= 15 is 0 Å². The number of nitrogens with zero attached hydrogens (tertiary/aromatic N) is 2. The molecule has 2 aromatic rings. The number of hydrogen-bond acceptors (Lipinski definition) is 6. The first kappa shape index (κ1) is 22.2. The molecule has 0 aliphatic rings. The number of nitrogens with one attached hydrogen (secondary N) is 1. The van der Waals surface area contributed by atoms with Crippen LogP contribution in [0.15, 0.2) is 40.4 Å². The third-order valence-electron chi connectivity index (χ3n) is 3.62. The second-order valence-corrected chi connectivity index (χ2v) is 6.77. The van der Waals surface area contributed by atoms with Gasteiger partial charge in [0.15, 0.2) is 11.5 Å². The number of hydrogen-bond donors (Lipinski definition) is 1. The first-order valence-corrected chi connectivity index (χ1v) is 9.35. The summed E-state index contributed by atoms with van der Waals surface area (Å²) in [6, 6.07) is 8.75. The fraction of sp³-hybridized carbons (Fsp3) is 0.158. The molecule has 0 aromatic heterocycles. The van der Waals surface area contributed by atoms with Crippen LogP contribution in [-0.4, -0.2) is 24.5 Å². The predicted molar refractivity (Wildman–Crippen MR) is 112 cm³/mol. The van der Waals surface area contributed by atoms with Gasteiger partial charge in [-0.25, -0.2) is 0 Å². The van der Waals surface area contributed by atoms with Gasteiger partial charge in [-0.2, -0.15) is 5.26 Å². The third kappa shape index (κ3) is 5.47. The molecule has 0 atom stereocenters. The van der Waals surface area contributed by atoms with Crippen molar-refractivity contribution in [3.05, 3.63) is 61.1 Å². The highest BCUT2D eigenvalue weighted by Crippen LogP contribution is 2.37. The summed E-state index contributed by atoms with van der Waals surface area (Å²) in [6.07, 6.45) is 1.38. The van der Waals surface area contributed by atoms with Crippen LogP contribution in [0.25, 0.3) is 6.08 Å². The first-order valence-electron chi connectivity index (χ1n) is 8.18. The van der Waals surface area contributed by atoms with E-state index in [2.05, 4.69) is 21.2 Å². The van der Waals surface area contributed by atoms with Crippen LogP contribution in [0.4, 0.5) is 11.4 Å². The van der Waals surface area contributed by atoms with Gasteiger partial charge in [0, 0.05) is 12.1 Å². The average molecular weight is 481 g/mol. The van der Waals surface area contributed by atoms with Gasteiger partial charge in [-0.05, 0) is 52.7 Å². The van der Waals surface area contributed by atoms with E-state index in [1.807, 2.05) is 13.0 Å². The number of anilines is 1. The van der Waals surface area contributed by atoms with Crippen LogP contribution in [0.2, 0.25) is 5.02 Å². The van der Waals surface area contributed by atoms with Gasteiger partial charge in [0.2, 0.25) is 0 Å². The lowest BCUT2D eigenvalue weighted by atomic mass is 10.1. The van der Waals surface area contributed by atoms with Crippen LogP contribution in [0.1, 0.15) is 12.5 Å². The monoisotopic (exact) mass is 479 g/mol. The summed E-state index contributed by atoms with van der Waals surface area (Å²) >= 11 is 9.35. The van der Waals surface area contributed by atoms with E-state index in [1.54, 1.807) is 12.1 Å². The maximum atomic E-state index is 12.5. The van der Waals surface area contributed by atoms with Gasteiger partial charge in [-0.15, -0.1) is 0 Å². The van der Waals surface area contributed by atoms with Crippen LogP contribution in [0.3, 0.4) is 0 Å². The zero-order valence-corrected chi connectivity index (χ0v) is 17.7. The van der Waals surface area contributed by atoms with E-state index in [0.29, 0.717) is 28.1 Å². The van der Waals surface area contributed by atoms with Crippen molar-refractivity contribution in [1.29, 1.82) is 5.26 Å². The zero-order chi connectivity index (χ0) is 21.6. The van der Waals surface area contributed by atoms with Crippen molar-refractivity contribution in [3.63, 3.8) is 0 Å². The summed E-state index contributed by atoms with van der Waals surface area (Å²) in [5.41, 5.74) is 0.270. The van der Waals surface area contributed by atoms with Gasteiger partial charge in [-0.1, -0.05) is 11.6 Å². The smallest absolute Gasteiger partial charge is 0.271 e. The van der Waals surface area contributed by atoms with Crippen molar-refractivity contribution in [2.45, 2.75) is 6.92 Å². The molecule has 150 valence electrons. The lowest BCUT2D eigenvalue weighted by Crippen LogP contribution is -2.13. The van der Waals surface area contributed by atoms with Gasteiger partial charge in [0.05, 0.1) is 33.8 Å². The maximum absolute atomic E-state index is 12.5. The maximum Gasteiger partial charge on any atom is 0.271 e. The summed E-state index contributed by atoms with van der Waals surface area (Å²) in [7, 11) is 1.50. The third-order valence-corrected chi connectivity index (χ3v) is 4.53. The Morgan fingerprint density at radius 3 is 2.69 bits per heavy atom. The molecular weight excluding hydrogens is 466 g/mol. The highest BCUT2D eigenvalue weighted by molar-refractivity contribution is 9.10. The number of halogens is 2. The Morgan fingerprint density at radius 1 is 1.41 bits per heavy atom. The Morgan fingerprint density at radius 2 is 2.14 bits per heavy atom. The highest BCUT2D eigenvalue weighted by Gasteiger charge is 2.16. The molecule has 0 bridgehead atoms. The standard InChI is InChI=1S/C19H15BrClN3O5/c1-3-29-17-8-11(7-14(20)18(17)28-2)6-12(10-22)19(25)23-16-5-4-13(24(26)27)9-15(16)21/h4-9H,3H2,1-2H3,(H,23,25). The SMILES string of the molecule is CCOc1cc(C=C(C#N)C(=O)Nc2ccc([N+](=O)[O-])cc2Cl)cc(Br)c1OC. The molecule has 1 amide bonds. The average Bonchev–Trinajstić information content (AvgIpc) is 2.67. The summed E-state index contributed by atoms with van der Waals surface area (Å²) in [6.45, 7) is 2.22. The molecule has 2 aromatic carbocycles. The fourth-order valence-electron chi connectivity index (χ4n) is 2.36. The number of nitriles is 1. The van der Waals surface area contributed by atoms with Crippen molar-refractivity contribution >= 4 is 50.9 Å². The molecule has 0 saturated heterocycles. The number of nitro benzene ring substituents is 1. The number of nitro groups is 1. The Bertz CT molecular complexity index is 1030. The van der Waals surface area contributed by atoms with Gasteiger partial charge < -0.3 is 14.8 Å². The number of ether oxygens (including phenoxy) is 2. The molecule has 0 heterocycles. The van der Waals surface area contributed by atoms with E-state index in [9.17, 15) is 20.2 Å². The number of amides is 1. The molecule has 29 heavy (non-hydrogen) atoms. The Kier molecular flexibility index (Phi) is 7.59. The van der Waals surface area contributed by atoms with Crippen molar-refractivity contribution < 1.29 is 19.2 Å². The Labute approximate surface area is 180 Å². The number of rotatable bonds is 7. The fourth-order valence-corrected chi connectivity index (χ4v) is 3.20. The quantitative estimate of drug-likeness (QED) is 0.259. The lowest BCUT2D eigenvalue weighted by Gasteiger charge is -2.12. The zero-order valence-electron chi connectivity index (χ0n) is 15.4. The number of methoxy groups -OCH3 is 1. The van der Waals surface area contributed by atoms with Crippen LogP contribution in [0.5, 0.6) is 11.5 Å². The van der Waals surface area contributed by atoms with E-state index < -0.39 is 10.8 Å². The van der Waals surface area contributed by atoms with E-state index in [0.717, 1.165) is 6.07 Å². The summed E-state index contributed by atoms with van der Waals surface area (Å²) in [5.74, 6) is 0.226. The molecule has 0 aliphatic carbocycles. The number of benzene rings is 2. The molecule has 0 fully saturated rings. The van der Waals surface area contributed by atoms with Crippen molar-refractivity contribution in [1.82, 2.24) is 0 Å². The van der Waals surface area contributed by atoms with Crippen molar-refractivity contribution in [2.75, 3.05) is 19.0 Å². The molecule has 2 rings (SSSR count). The second-order valence-electron chi connectivity index (χ2n) is 5.51. The van der Waals surface area contributed by atoms with Crippen LogP contribution in [-0.2, 0) is 4.79 Å². The molecule has 10 heteroatoms. The van der Waals surface area contributed by atoms with E-state index in [-0.39, 0.29) is 22.0 Å². The molecule has 0 unspecified atom stereocenters. The summed E-state index contributed by atoms with van der Waals surface area (Å²) in [4.78, 5) is 22.7. The van der Waals surface area contributed by atoms with Crippen LogP contribution < -0.4 is 14.8 Å². The number of carbonyl (C=O) groups excluding carboxylic acids is 1. The first-order chi connectivity index (χ1) is 13.8. The molecule has 8 nitrogen and oxygen atoms in total. The topological polar surface area (TPSA) is 114 Å². The second kappa shape index (κ2) is 9.91. The number of non-ortho nitro benzene ring substituents is 1. The molecule has 0 radical (unpaired) electrons. The Balaban J connectivity index is 2.33. The van der Waals surface area contributed by atoms with E-state index in [1.165, 1.54) is 25.3 Å². The van der Waals surface area contributed by atoms with Gasteiger partial charge in [-0.3, -0.25) is 14.9 Å². The van der Waals surface area contributed by atoms with Crippen LogP contribution in [0, 0.1) is 21.4 Å². The van der Waals surface area contributed by atoms with Crippen LogP contribution >= 0.6 is 27.5 Å². The minimum atomic E-state index is -0.715. The summed E-state index contributed by atoms with van der Waals surface area (Å²) < 4.78 is 11.4. The summed E-state index contributed by atoms with van der Waals surface area (Å²) in [5, 5.41) is 22.6. The van der Waals surface area contributed by atoms with Gasteiger partial charge >= 0.3 is 0 Å². The largest absolute Gasteiger partial charge is 0.492 e. The molecule has 0 spiro atoms. The van der Waals surface area contributed by atoms with E-state index in [4.69, 9.17) is 21.1 Å². The van der Waals surface area contributed by atoms with Gasteiger partial charge in [0.1, 0.15) is 11.6 Å². The minimum absolute atomic E-state index is 0.0179. The van der Waals surface area contributed by atoms with Gasteiger partial charge in [0.25, 0.3) is 11.6 Å². The normalized spacial score (nSPS) is 10.8. The molecule has 0 aliphatic heterocycles.